The average Bonchev–Trinajstić information content (AvgIpc) is 3.30. The molecule has 3 aromatic rings. The fourth-order valence-electron chi connectivity index (χ4n) is 4.30. The number of nitrogens with one attached hydrogen (secondary N) is 1. The van der Waals surface area contributed by atoms with Gasteiger partial charge in [0.25, 0.3) is 5.56 Å². The molecule has 3 aromatic heterocycles. The summed E-state index contributed by atoms with van der Waals surface area (Å²) in [5.74, 6) is 1.13. The fraction of sp³-hybridized carbons (Fsp3) is 0.526. The summed E-state index contributed by atoms with van der Waals surface area (Å²) in [5.41, 5.74) is 1.70. The van der Waals surface area contributed by atoms with Crippen molar-refractivity contribution in [2.75, 3.05) is 13.1 Å². The van der Waals surface area contributed by atoms with Crippen LogP contribution in [0, 0.1) is 0 Å². The standard InChI is InChI=1S/C19H23N7O/c1-12(25-9-13(10-25)16-6-7-20-11-21-16)17-23-18-15(19(27)24-17)8-22-26(18)14-4-2-3-5-14/h6-8,11-14H,2-5,9-10H2,1H3,(H,23,24,27)/t12-/m1/s1. The molecule has 1 saturated heterocycles. The van der Waals surface area contributed by atoms with Crippen molar-refractivity contribution >= 4 is 11.0 Å². The maximum absolute atomic E-state index is 12.6. The Morgan fingerprint density at radius 2 is 2.07 bits per heavy atom. The highest BCUT2D eigenvalue weighted by Gasteiger charge is 2.34. The smallest absolute Gasteiger partial charge is 0.262 e. The highest BCUT2D eigenvalue weighted by atomic mass is 16.1. The van der Waals surface area contributed by atoms with E-state index in [0.29, 0.717) is 23.2 Å². The van der Waals surface area contributed by atoms with Crippen molar-refractivity contribution in [3.8, 4) is 0 Å². The summed E-state index contributed by atoms with van der Waals surface area (Å²) < 4.78 is 1.97. The van der Waals surface area contributed by atoms with E-state index in [1.165, 1.54) is 12.8 Å². The Morgan fingerprint density at radius 3 is 2.81 bits per heavy atom. The number of aromatic nitrogens is 6. The lowest BCUT2D eigenvalue weighted by atomic mass is 9.94. The van der Waals surface area contributed by atoms with E-state index >= 15 is 0 Å². The first-order valence-corrected chi connectivity index (χ1v) is 9.68. The maximum Gasteiger partial charge on any atom is 0.262 e. The second-order valence-electron chi connectivity index (χ2n) is 7.68. The minimum atomic E-state index is -0.0982. The van der Waals surface area contributed by atoms with Crippen LogP contribution in [0.3, 0.4) is 0 Å². The predicted octanol–water partition coefficient (Wildman–Crippen LogP) is 2.19. The number of H-pyrrole nitrogens is 1. The van der Waals surface area contributed by atoms with Crippen LogP contribution in [0.1, 0.15) is 62.1 Å². The lowest BCUT2D eigenvalue weighted by molar-refractivity contribution is 0.0939. The molecule has 140 valence electrons. The summed E-state index contributed by atoms with van der Waals surface area (Å²) in [5, 5.41) is 5.06. The molecule has 1 aliphatic carbocycles. The minimum absolute atomic E-state index is 0.0483. The van der Waals surface area contributed by atoms with Gasteiger partial charge in [-0.15, -0.1) is 0 Å². The molecule has 0 amide bonds. The van der Waals surface area contributed by atoms with Gasteiger partial charge in [0.05, 0.1) is 18.3 Å². The molecular weight excluding hydrogens is 342 g/mol. The van der Waals surface area contributed by atoms with Gasteiger partial charge in [0.1, 0.15) is 17.5 Å². The lowest BCUT2D eigenvalue weighted by Crippen LogP contribution is -2.47. The number of nitrogens with zero attached hydrogens (tertiary/aromatic N) is 6. The lowest BCUT2D eigenvalue weighted by Gasteiger charge is -2.42. The molecule has 0 aromatic carbocycles. The highest BCUT2D eigenvalue weighted by molar-refractivity contribution is 5.73. The molecular formula is C19H23N7O. The van der Waals surface area contributed by atoms with Crippen molar-refractivity contribution < 1.29 is 0 Å². The van der Waals surface area contributed by atoms with Gasteiger partial charge in [-0.1, -0.05) is 12.8 Å². The topological polar surface area (TPSA) is 92.6 Å². The Kier molecular flexibility index (Phi) is 4.00. The zero-order valence-electron chi connectivity index (χ0n) is 15.4. The molecule has 1 saturated carbocycles. The zero-order valence-corrected chi connectivity index (χ0v) is 15.4. The van der Waals surface area contributed by atoms with Crippen LogP contribution < -0.4 is 5.56 Å². The molecule has 0 spiro atoms. The molecule has 1 atom stereocenters. The quantitative estimate of drug-likeness (QED) is 0.762. The third-order valence-corrected chi connectivity index (χ3v) is 6.03. The van der Waals surface area contributed by atoms with Crippen molar-refractivity contribution in [2.24, 2.45) is 0 Å². The Bertz CT molecular complexity index is 1000. The van der Waals surface area contributed by atoms with Crippen LogP contribution in [0.15, 0.2) is 29.6 Å². The van der Waals surface area contributed by atoms with Crippen molar-refractivity contribution in [1.29, 1.82) is 0 Å². The van der Waals surface area contributed by atoms with Gasteiger partial charge in [-0.05, 0) is 25.8 Å². The van der Waals surface area contributed by atoms with Crippen molar-refractivity contribution in [3.63, 3.8) is 0 Å². The van der Waals surface area contributed by atoms with E-state index in [9.17, 15) is 4.79 Å². The molecule has 8 heteroatoms. The van der Waals surface area contributed by atoms with Gasteiger partial charge in [-0.2, -0.15) is 5.10 Å². The van der Waals surface area contributed by atoms with Crippen LogP contribution in [0.25, 0.3) is 11.0 Å². The number of hydrogen-bond donors (Lipinski definition) is 1. The minimum Gasteiger partial charge on any atom is -0.309 e. The molecule has 2 aliphatic rings. The molecule has 8 nitrogen and oxygen atoms in total. The largest absolute Gasteiger partial charge is 0.309 e. The molecule has 2 fully saturated rings. The van der Waals surface area contributed by atoms with Crippen molar-refractivity contribution in [3.05, 3.63) is 46.7 Å². The first kappa shape index (κ1) is 16.6. The summed E-state index contributed by atoms with van der Waals surface area (Å²) in [6, 6.07) is 2.39. The monoisotopic (exact) mass is 365 g/mol. The summed E-state index contributed by atoms with van der Waals surface area (Å²) in [7, 11) is 0. The van der Waals surface area contributed by atoms with Gasteiger partial charge in [0.15, 0.2) is 5.65 Å². The number of likely N-dealkylation sites (tertiary alicyclic amines) is 1. The third-order valence-electron chi connectivity index (χ3n) is 6.03. The maximum atomic E-state index is 12.6. The van der Waals surface area contributed by atoms with E-state index in [1.54, 1.807) is 18.7 Å². The Balaban J connectivity index is 1.40. The molecule has 0 radical (unpaired) electrons. The van der Waals surface area contributed by atoms with Crippen LogP contribution in [0.4, 0.5) is 0 Å². The number of aromatic amines is 1. The van der Waals surface area contributed by atoms with E-state index < -0.39 is 0 Å². The predicted molar refractivity (Wildman–Crippen MR) is 100 cm³/mol. The summed E-state index contributed by atoms with van der Waals surface area (Å²) >= 11 is 0. The molecule has 5 rings (SSSR count). The normalized spacial score (nSPS) is 20.2. The van der Waals surface area contributed by atoms with Crippen LogP contribution in [-0.2, 0) is 0 Å². The zero-order chi connectivity index (χ0) is 18.4. The molecule has 27 heavy (non-hydrogen) atoms. The molecule has 0 unspecified atom stereocenters. The third kappa shape index (κ3) is 2.84. The van der Waals surface area contributed by atoms with Crippen molar-refractivity contribution in [2.45, 2.75) is 50.6 Å². The number of rotatable bonds is 4. The Hall–Kier alpha value is -2.61. The van der Waals surface area contributed by atoms with Gasteiger partial charge in [0.2, 0.25) is 0 Å². The second kappa shape index (κ2) is 6.53. The molecule has 4 heterocycles. The van der Waals surface area contributed by atoms with E-state index in [1.807, 2.05) is 10.7 Å². The fourth-order valence-corrected chi connectivity index (χ4v) is 4.30. The van der Waals surface area contributed by atoms with Gasteiger partial charge in [-0.3, -0.25) is 9.69 Å². The van der Waals surface area contributed by atoms with E-state index in [2.05, 4.69) is 31.9 Å². The Labute approximate surface area is 156 Å². The van der Waals surface area contributed by atoms with Crippen LogP contribution in [0.2, 0.25) is 0 Å². The van der Waals surface area contributed by atoms with Crippen LogP contribution >= 0.6 is 0 Å². The van der Waals surface area contributed by atoms with Gasteiger partial charge < -0.3 is 4.98 Å². The summed E-state index contributed by atoms with van der Waals surface area (Å²) in [4.78, 5) is 31.0. The molecule has 1 N–H and O–H groups in total. The Morgan fingerprint density at radius 1 is 1.26 bits per heavy atom. The summed E-state index contributed by atoms with van der Waals surface area (Å²) in [6.07, 6.45) is 9.70. The van der Waals surface area contributed by atoms with E-state index in [0.717, 1.165) is 37.3 Å². The highest BCUT2D eigenvalue weighted by Crippen LogP contribution is 2.33. The average molecular weight is 365 g/mol. The first-order chi connectivity index (χ1) is 13.2. The van der Waals surface area contributed by atoms with Crippen LogP contribution in [-0.4, -0.2) is 47.7 Å². The SMILES string of the molecule is C[C@H](c1nc2c(cnn2C2CCCC2)c(=O)[nH]1)N1CC(c2ccncn2)C1. The summed E-state index contributed by atoms with van der Waals surface area (Å²) in [6.45, 7) is 3.90. The van der Waals surface area contributed by atoms with Crippen LogP contribution in [0.5, 0.6) is 0 Å². The number of hydrogen-bond acceptors (Lipinski definition) is 6. The van der Waals surface area contributed by atoms with E-state index in [4.69, 9.17) is 4.98 Å². The molecule has 1 aliphatic heterocycles. The molecule has 0 bridgehead atoms. The van der Waals surface area contributed by atoms with Gasteiger partial charge in [-0.25, -0.2) is 19.6 Å². The van der Waals surface area contributed by atoms with Crippen molar-refractivity contribution in [1.82, 2.24) is 34.6 Å². The van der Waals surface area contributed by atoms with E-state index in [-0.39, 0.29) is 11.6 Å². The second-order valence-corrected chi connectivity index (χ2v) is 7.68. The van der Waals surface area contributed by atoms with Gasteiger partial charge >= 0.3 is 0 Å². The first-order valence-electron chi connectivity index (χ1n) is 9.68. The number of fused-ring (bicyclic) bond motifs is 1. The van der Waals surface area contributed by atoms with Gasteiger partial charge in [0, 0.05) is 30.9 Å².